The van der Waals surface area contributed by atoms with Crippen LogP contribution in [0.1, 0.15) is 44.6 Å². The van der Waals surface area contributed by atoms with Gasteiger partial charge in [-0.3, -0.25) is 9.89 Å². The Hall–Kier alpha value is -1.36. The fraction of sp³-hybridized carbons (Fsp3) is 0.667. The Morgan fingerprint density at radius 1 is 1.41 bits per heavy atom. The smallest absolute Gasteiger partial charge is 0.225 e. The molecule has 0 saturated heterocycles. The lowest BCUT2D eigenvalue weighted by atomic mass is 10.1. The predicted octanol–water partition coefficient (Wildman–Crippen LogP) is 1.82. The van der Waals surface area contributed by atoms with Crippen molar-refractivity contribution in [1.29, 1.82) is 0 Å². The van der Waals surface area contributed by atoms with E-state index in [1.165, 1.54) is 0 Å². The normalized spacial score (nSPS) is 10.5. The average Bonchev–Trinajstić information content (AvgIpc) is 2.76. The van der Waals surface area contributed by atoms with Gasteiger partial charge in [0.2, 0.25) is 5.91 Å². The van der Waals surface area contributed by atoms with Crippen molar-refractivity contribution in [2.24, 2.45) is 5.73 Å². The van der Waals surface area contributed by atoms with Crippen LogP contribution in [0, 0.1) is 0 Å². The zero-order valence-electron chi connectivity index (χ0n) is 10.5. The minimum Gasteiger partial charge on any atom is -0.330 e. The maximum Gasteiger partial charge on any atom is 0.225 e. The van der Waals surface area contributed by atoms with Gasteiger partial charge in [-0.2, -0.15) is 5.10 Å². The second-order valence-electron chi connectivity index (χ2n) is 4.12. The van der Waals surface area contributed by atoms with Crippen molar-refractivity contribution in [3.63, 3.8) is 0 Å². The minimum atomic E-state index is 0.0525. The summed E-state index contributed by atoms with van der Waals surface area (Å²) in [7, 11) is 0. The molecule has 4 N–H and O–H groups in total. The van der Waals surface area contributed by atoms with E-state index in [0.717, 1.165) is 50.0 Å². The van der Waals surface area contributed by atoms with Gasteiger partial charge >= 0.3 is 0 Å². The van der Waals surface area contributed by atoms with Crippen LogP contribution in [0.2, 0.25) is 0 Å². The van der Waals surface area contributed by atoms with Crippen molar-refractivity contribution in [1.82, 2.24) is 10.2 Å². The highest BCUT2D eigenvalue weighted by molar-refractivity contribution is 5.90. The molecule has 0 aliphatic heterocycles. The first-order valence-electron chi connectivity index (χ1n) is 6.30. The fourth-order valence-electron chi connectivity index (χ4n) is 1.67. The molecule has 0 fully saturated rings. The third kappa shape index (κ3) is 4.99. The molecule has 1 amide bonds. The molecule has 0 aromatic carbocycles. The van der Waals surface area contributed by atoms with Crippen LogP contribution < -0.4 is 11.1 Å². The van der Waals surface area contributed by atoms with Gasteiger partial charge in [0.05, 0.1) is 6.20 Å². The Bertz CT molecular complexity index is 335. The molecule has 1 rings (SSSR count). The summed E-state index contributed by atoms with van der Waals surface area (Å²) < 4.78 is 0. The lowest BCUT2D eigenvalue weighted by molar-refractivity contribution is -0.116. The van der Waals surface area contributed by atoms with Crippen LogP contribution in [-0.2, 0) is 11.2 Å². The van der Waals surface area contributed by atoms with E-state index < -0.39 is 0 Å². The van der Waals surface area contributed by atoms with Crippen LogP contribution in [0.4, 0.5) is 5.82 Å². The van der Waals surface area contributed by atoms with Crippen LogP contribution in [0.5, 0.6) is 0 Å². The molecular weight excluding hydrogens is 216 g/mol. The first-order chi connectivity index (χ1) is 8.27. The molecule has 1 heterocycles. The number of anilines is 1. The minimum absolute atomic E-state index is 0.0525. The number of carbonyl (C=O) groups excluding carboxylic acids is 1. The van der Waals surface area contributed by atoms with Crippen LogP contribution >= 0.6 is 0 Å². The third-order valence-corrected chi connectivity index (χ3v) is 2.72. The molecule has 0 atom stereocenters. The van der Waals surface area contributed by atoms with Crippen LogP contribution in [0.15, 0.2) is 6.20 Å². The van der Waals surface area contributed by atoms with E-state index in [1.54, 1.807) is 6.20 Å². The molecule has 17 heavy (non-hydrogen) atoms. The monoisotopic (exact) mass is 238 g/mol. The Kier molecular flexibility index (Phi) is 6.32. The summed E-state index contributed by atoms with van der Waals surface area (Å²) >= 11 is 0. The molecule has 1 aromatic rings. The molecule has 0 spiro atoms. The summed E-state index contributed by atoms with van der Waals surface area (Å²) in [6, 6.07) is 0. The molecule has 0 unspecified atom stereocenters. The molecule has 5 heteroatoms. The molecule has 5 nitrogen and oxygen atoms in total. The van der Waals surface area contributed by atoms with Gasteiger partial charge in [-0.15, -0.1) is 0 Å². The first kappa shape index (κ1) is 13.7. The van der Waals surface area contributed by atoms with Crippen molar-refractivity contribution < 1.29 is 4.79 Å². The molecule has 0 aliphatic rings. The number of H-pyrrole nitrogens is 1. The highest BCUT2D eigenvalue weighted by Gasteiger charge is 2.07. The molecular formula is C12H22N4O. The van der Waals surface area contributed by atoms with Gasteiger partial charge in [-0.25, -0.2) is 0 Å². The number of nitrogens with zero attached hydrogens (tertiary/aromatic N) is 1. The first-order valence-corrected chi connectivity index (χ1v) is 6.30. The van der Waals surface area contributed by atoms with Gasteiger partial charge in [0.25, 0.3) is 0 Å². The van der Waals surface area contributed by atoms with Gasteiger partial charge in [-0.05, 0) is 25.8 Å². The van der Waals surface area contributed by atoms with E-state index in [2.05, 4.69) is 15.5 Å². The molecule has 96 valence electrons. The van der Waals surface area contributed by atoms with Gasteiger partial charge in [0.15, 0.2) is 0 Å². The molecule has 0 radical (unpaired) electrons. The fourth-order valence-corrected chi connectivity index (χ4v) is 1.67. The molecule has 0 saturated carbocycles. The van der Waals surface area contributed by atoms with Crippen molar-refractivity contribution >= 4 is 11.7 Å². The number of aryl methyl sites for hydroxylation is 1. The lowest BCUT2D eigenvalue weighted by Crippen LogP contribution is -2.12. The van der Waals surface area contributed by atoms with Crippen LogP contribution in [0.25, 0.3) is 0 Å². The summed E-state index contributed by atoms with van der Waals surface area (Å²) in [4.78, 5) is 11.6. The molecule has 0 aliphatic carbocycles. The van der Waals surface area contributed by atoms with E-state index in [0.29, 0.717) is 6.42 Å². The van der Waals surface area contributed by atoms with Crippen molar-refractivity contribution in [3.05, 3.63) is 11.8 Å². The Morgan fingerprint density at radius 3 is 2.88 bits per heavy atom. The number of amides is 1. The standard InChI is InChI=1S/C12H22N4O/c1-2-10-9-14-16-12(10)15-11(17)7-5-3-4-6-8-13/h9H,2-8,13H2,1H3,(H2,14,15,16,17). The van der Waals surface area contributed by atoms with Gasteiger partial charge < -0.3 is 11.1 Å². The number of hydrogen-bond acceptors (Lipinski definition) is 3. The highest BCUT2D eigenvalue weighted by atomic mass is 16.1. The van der Waals surface area contributed by atoms with Gasteiger partial charge in [-0.1, -0.05) is 19.8 Å². The number of aromatic amines is 1. The quantitative estimate of drug-likeness (QED) is 0.604. The Balaban J connectivity index is 2.21. The van der Waals surface area contributed by atoms with E-state index >= 15 is 0 Å². The van der Waals surface area contributed by atoms with E-state index in [1.807, 2.05) is 6.92 Å². The topological polar surface area (TPSA) is 83.8 Å². The number of rotatable bonds is 8. The predicted molar refractivity (Wildman–Crippen MR) is 68.7 cm³/mol. The summed E-state index contributed by atoms with van der Waals surface area (Å²) in [6.45, 7) is 2.77. The maximum atomic E-state index is 11.6. The van der Waals surface area contributed by atoms with Gasteiger partial charge in [0, 0.05) is 12.0 Å². The lowest BCUT2D eigenvalue weighted by Gasteiger charge is -2.04. The number of aromatic nitrogens is 2. The number of nitrogens with two attached hydrogens (primary N) is 1. The second kappa shape index (κ2) is 7.84. The van der Waals surface area contributed by atoms with Crippen molar-refractivity contribution in [2.45, 2.75) is 45.4 Å². The highest BCUT2D eigenvalue weighted by Crippen LogP contribution is 2.12. The van der Waals surface area contributed by atoms with Gasteiger partial charge in [0.1, 0.15) is 5.82 Å². The number of unbranched alkanes of at least 4 members (excludes halogenated alkanes) is 3. The zero-order chi connectivity index (χ0) is 12.5. The Morgan fingerprint density at radius 2 is 2.18 bits per heavy atom. The van der Waals surface area contributed by atoms with E-state index in [9.17, 15) is 4.79 Å². The van der Waals surface area contributed by atoms with Crippen molar-refractivity contribution in [2.75, 3.05) is 11.9 Å². The summed E-state index contributed by atoms with van der Waals surface area (Å²) in [5.41, 5.74) is 6.45. The summed E-state index contributed by atoms with van der Waals surface area (Å²) in [5, 5.41) is 9.56. The van der Waals surface area contributed by atoms with Crippen molar-refractivity contribution in [3.8, 4) is 0 Å². The van der Waals surface area contributed by atoms with E-state index in [4.69, 9.17) is 5.73 Å². The maximum absolute atomic E-state index is 11.6. The number of nitrogens with one attached hydrogen (secondary N) is 2. The average molecular weight is 238 g/mol. The summed E-state index contributed by atoms with van der Waals surface area (Å²) in [6.07, 6.45) is 7.30. The van der Waals surface area contributed by atoms with E-state index in [-0.39, 0.29) is 5.91 Å². The van der Waals surface area contributed by atoms with Crippen LogP contribution in [-0.4, -0.2) is 22.6 Å². The largest absolute Gasteiger partial charge is 0.330 e. The number of hydrogen-bond donors (Lipinski definition) is 3. The molecule has 0 bridgehead atoms. The third-order valence-electron chi connectivity index (χ3n) is 2.72. The Labute approximate surface area is 102 Å². The SMILES string of the molecule is CCc1cn[nH]c1NC(=O)CCCCCCN. The molecule has 1 aromatic heterocycles. The summed E-state index contributed by atoms with van der Waals surface area (Å²) in [5.74, 6) is 0.788. The number of carbonyl (C=O) groups is 1. The zero-order valence-corrected chi connectivity index (χ0v) is 10.5. The van der Waals surface area contributed by atoms with Crippen LogP contribution in [0.3, 0.4) is 0 Å². The second-order valence-corrected chi connectivity index (χ2v) is 4.12.